The maximum atomic E-state index is 5.32. The van der Waals surface area contributed by atoms with Gasteiger partial charge in [-0.05, 0) is 24.3 Å². The third-order valence-corrected chi connectivity index (χ3v) is 5.21. The summed E-state index contributed by atoms with van der Waals surface area (Å²) in [6.45, 7) is 4.55. The second-order valence-electron chi connectivity index (χ2n) is 5.33. The summed E-state index contributed by atoms with van der Waals surface area (Å²) in [5.74, 6) is 3.43. The molecule has 1 saturated carbocycles. The summed E-state index contributed by atoms with van der Waals surface area (Å²) >= 11 is 3.18. The number of allylic oxidation sites excluding steroid dienone is 1. The van der Waals surface area contributed by atoms with Gasteiger partial charge in [0, 0.05) is 23.4 Å². The highest BCUT2D eigenvalue weighted by Crippen LogP contribution is 2.40. The lowest BCUT2D eigenvalue weighted by Gasteiger charge is -2.05. The Bertz CT molecular complexity index is 804. The molecule has 0 saturated heterocycles. The molecule has 118 valence electrons. The van der Waals surface area contributed by atoms with E-state index in [1.165, 1.54) is 12.8 Å². The lowest BCUT2D eigenvalue weighted by atomic mass is 10.3. The highest BCUT2D eigenvalue weighted by atomic mass is 32.2. The summed E-state index contributed by atoms with van der Waals surface area (Å²) in [5.41, 5.74) is 0.987. The van der Waals surface area contributed by atoms with Gasteiger partial charge in [-0.15, -0.1) is 16.8 Å². The molecule has 0 amide bonds. The molecule has 0 aromatic carbocycles. The molecule has 3 aromatic heterocycles. The van der Waals surface area contributed by atoms with Crippen molar-refractivity contribution < 1.29 is 4.52 Å². The quantitative estimate of drug-likeness (QED) is 0.480. The molecule has 3 heterocycles. The summed E-state index contributed by atoms with van der Waals surface area (Å²) in [7, 11) is 0. The van der Waals surface area contributed by atoms with Crippen LogP contribution >= 0.6 is 23.1 Å². The van der Waals surface area contributed by atoms with Crippen LogP contribution in [0.15, 0.2) is 39.2 Å². The van der Waals surface area contributed by atoms with Gasteiger partial charge in [-0.3, -0.25) is 0 Å². The summed E-state index contributed by atoms with van der Waals surface area (Å²) < 4.78 is 7.45. The number of nitrogens with zero attached hydrogens (tertiary/aromatic N) is 5. The van der Waals surface area contributed by atoms with Crippen LogP contribution in [-0.4, -0.2) is 24.9 Å². The molecule has 0 unspecified atom stereocenters. The molecule has 8 heteroatoms. The minimum Gasteiger partial charge on any atom is -0.338 e. The van der Waals surface area contributed by atoms with Crippen LogP contribution in [0.4, 0.5) is 0 Å². The van der Waals surface area contributed by atoms with E-state index in [1.807, 2.05) is 22.9 Å². The van der Waals surface area contributed by atoms with Crippen molar-refractivity contribution in [1.82, 2.24) is 24.9 Å². The van der Waals surface area contributed by atoms with Crippen molar-refractivity contribution in [2.75, 3.05) is 0 Å². The van der Waals surface area contributed by atoms with Crippen LogP contribution in [0, 0.1) is 0 Å². The molecule has 0 radical (unpaired) electrons. The Labute approximate surface area is 141 Å². The predicted octanol–water partition coefficient (Wildman–Crippen LogP) is 3.75. The molecule has 23 heavy (non-hydrogen) atoms. The number of thiophene rings is 1. The van der Waals surface area contributed by atoms with E-state index in [2.05, 4.69) is 31.5 Å². The maximum absolute atomic E-state index is 5.32. The zero-order chi connectivity index (χ0) is 15.6. The monoisotopic (exact) mass is 345 g/mol. The largest absolute Gasteiger partial charge is 0.338 e. The number of hydrogen-bond donors (Lipinski definition) is 0. The van der Waals surface area contributed by atoms with E-state index in [0.717, 1.165) is 23.1 Å². The molecular formula is C15H15N5OS2. The maximum Gasteiger partial charge on any atom is 0.237 e. The smallest absolute Gasteiger partial charge is 0.237 e. The second kappa shape index (κ2) is 6.29. The summed E-state index contributed by atoms with van der Waals surface area (Å²) in [6, 6.07) is 1.98. The fourth-order valence-corrected chi connectivity index (χ4v) is 3.73. The Hall–Kier alpha value is -1.93. The molecular weight excluding hydrogens is 330 g/mol. The van der Waals surface area contributed by atoms with E-state index in [4.69, 9.17) is 4.52 Å². The Morgan fingerprint density at radius 1 is 1.43 bits per heavy atom. The van der Waals surface area contributed by atoms with Gasteiger partial charge < -0.3 is 9.09 Å². The van der Waals surface area contributed by atoms with Crippen molar-refractivity contribution in [1.29, 1.82) is 0 Å². The van der Waals surface area contributed by atoms with Gasteiger partial charge >= 0.3 is 0 Å². The molecule has 0 spiro atoms. The van der Waals surface area contributed by atoms with Crippen LogP contribution < -0.4 is 0 Å². The van der Waals surface area contributed by atoms with Crippen LogP contribution in [0.5, 0.6) is 0 Å². The van der Waals surface area contributed by atoms with E-state index in [0.29, 0.717) is 23.4 Å². The fraction of sp³-hybridized carbons (Fsp3) is 0.333. The molecule has 1 aliphatic rings. The van der Waals surface area contributed by atoms with Gasteiger partial charge in [-0.25, -0.2) is 0 Å². The third-order valence-electron chi connectivity index (χ3n) is 3.57. The van der Waals surface area contributed by atoms with Crippen LogP contribution in [0.3, 0.4) is 0 Å². The van der Waals surface area contributed by atoms with Gasteiger partial charge in [0.25, 0.3) is 0 Å². The van der Waals surface area contributed by atoms with Gasteiger partial charge in [0.2, 0.25) is 11.7 Å². The Balaban J connectivity index is 1.47. The third kappa shape index (κ3) is 3.09. The molecule has 0 aliphatic heterocycles. The van der Waals surface area contributed by atoms with Gasteiger partial charge in [0.05, 0.1) is 5.75 Å². The summed E-state index contributed by atoms with van der Waals surface area (Å²) in [6.07, 6.45) is 4.28. The number of aromatic nitrogens is 5. The van der Waals surface area contributed by atoms with Gasteiger partial charge in [-0.2, -0.15) is 16.3 Å². The first-order chi connectivity index (χ1) is 11.3. The van der Waals surface area contributed by atoms with Crippen LogP contribution in [0.1, 0.15) is 30.5 Å². The van der Waals surface area contributed by atoms with Gasteiger partial charge in [-0.1, -0.05) is 23.0 Å². The van der Waals surface area contributed by atoms with Gasteiger partial charge in [0.1, 0.15) is 5.82 Å². The molecule has 3 aromatic rings. The highest BCUT2D eigenvalue weighted by molar-refractivity contribution is 7.98. The highest BCUT2D eigenvalue weighted by Gasteiger charge is 2.30. The van der Waals surface area contributed by atoms with Crippen LogP contribution in [0.25, 0.3) is 11.4 Å². The summed E-state index contributed by atoms with van der Waals surface area (Å²) in [5, 5.41) is 17.5. The Morgan fingerprint density at radius 2 is 2.35 bits per heavy atom. The van der Waals surface area contributed by atoms with Gasteiger partial charge in [0.15, 0.2) is 5.16 Å². The zero-order valence-electron chi connectivity index (χ0n) is 12.4. The Morgan fingerprint density at radius 3 is 3.09 bits per heavy atom. The molecule has 0 bridgehead atoms. The molecule has 1 aliphatic carbocycles. The van der Waals surface area contributed by atoms with E-state index in [1.54, 1.807) is 23.1 Å². The standard InChI is InChI=1S/C15H15N5OS2/c1-2-6-20-14(10-3-4-10)17-18-15(20)23-9-12-16-13(19-21-12)11-5-7-22-8-11/h2,5,7-8,10H,1,3-4,6,9H2. The van der Waals surface area contributed by atoms with E-state index in [-0.39, 0.29) is 0 Å². The van der Waals surface area contributed by atoms with Crippen molar-refractivity contribution in [3.05, 3.63) is 41.2 Å². The lowest BCUT2D eigenvalue weighted by Crippen LogP contribution is -2.02. The molecule has 0 atom stereocenters. The SMILES string of the molecule is C=CCn1c(SCc2nc(-c3ccsc3)no2)nnc1C1CC1. The molecule has 4 rings (SSSR count). The predicted molar refractivity (Wildman–Crippen MR) is 89.4 cm³/mol. The lowest BCUT2D eigenvalue weighted by molar-refractivity contribution is 0.391. The molecule has 1 fully saturated rings. The van der Waals surface area contributed by atoms with Crippen LogP contribution in [0.2, 0.25) is 0 Å². The van der Waals surface area contributed by atoms with E-state index < -0.39 is 0 Å². The first-order valence-electron chi connectivity index (χ1n) is 7.37. The first kappa shape index (κ1) is 14.6. The average Bonchev–Trinajstić information content (AvgIpc) is 2.97. The number of rotatable bonds is 7. The van der Waals surface area contributed by atoms with Crippen molar-refractivity contribution >= 4 is 23.1 Å². The number of thioether (sulfide) groups is 1. The van der Waals surface area contributed by atoms with Crippen LogP contribution in [-0.2, 0) is 12.3 Å². The van der Waals surface area contributed by atoms with Crippen molar-refractivity contribution in [3.63, 3.8) is 0 Å². The molecule has 6 nitrogen and oxygen atoms in total. The van der Waals surface area contributed by atoms with Crippen molar-refractivity contribution in [3.8, 4) is 11.4 Å². The topological polar surface area (TPSA) is 69.6 Å². The second-order valence-corrected chi connectivity index (χ2v) is 7.05. The normalized spacial score (nSPS) is 14.3. The Kier molecular flexibility index (Phi) is 4.00. The van der Waals surface area contributed by atoms with Crippen molar-refractivity contribution in [2.45, 2.75) is 36.2 Å². The zero-order valence-corrected chi connectivity index (χ0v) is 14.0. The minimum atomic E-state index is 0.561. The number of hydrogen-bond acceptors (Lipinski definition) is 7. The fourth-order valence-electron chi connectivity index (χ4n) is 2.30. The van der Waals surface area contributed by atoms with E-state index in [9.17, 15) is 0 Å². The summed E-state index contributed by atoms with van der Waals surface area (Å²) in [4.78, 5) is 4.43. The minimum absolute atomic E-state index is 0.561. The molecule has 0 N–H and O–H groups in total. The van der Waals surface area contributed by atoms with E-state index >= 15 is 0 Å². The van der Waals surface area contributed by atoms with Crippen molar-refractivity contribution in [2.24, 2.45) is 0 Å². The first-order valence-corrected chi connectivity index (χ1v) is 9.30. The average molecular weight is 345 g/mol.